The van der Waals surface area contributed by atoms with Crippen LogP contribution in [0.2, 0.25) is 0 Å². The summed E-state index contributed by atoms with van der Waals surface area (Å²) in [4.78, 5) is -0.0702. The minimum absolute atomic E-state index is 0.0702. The summed E-state index contributed by atoms with van der Waals surface area (Å²) >= 11 is 3.23. The Hall–Kier alpha value is -1.78. The molecule has 140 valence electrons. The summed E-state index contributed by atoms with van der Waals surface area (Å²) in [5, 5.41) is 0. The Bertz CT molecular complexity index is 943. The van der Waals surface area contributed by atoms with E-state index in [4.69, 9.17) is 13.7 Å². The van der Waals surface area contributed by atoms with Crippen LogP contribution in [0.5, 0.6) is 11.5 Å². The largest absolute Gasteiger partial charge is 0.483 e. The van der Waals surface area contributed by atoms with Crippen LogP contribution in [-0.2, 0) is 20.5 Å². The third-order valence-corrected chi connectivity index (χ3v) is 5.50. The van der Waals surface area contributed by atoms with Gasteiger partial charge in [0.1, 0.15) is 0 Å². The van der Waals surface area contributed by atoms with Crippen LogP contribution in [0, 0.1) is 6.92 Å². The van der Waals surface area contributed by atoms with Crippen LogP contribution in [0.1, 0.15) is 11.1 Å². The number of benzene rings is 2. The summed E-state index contributed by atoms with van der Waals surface area (Å²) in [5.41, 5.74) is -0.497. The first-order chi connectivity index (χ1) is 12.1. The van der Waals surface area contributed by atoms with Crippen molar-refractivity contribution in [2.75, 3.05) is 6.61 Å². The Morgan fingerprint density at radius 2 is 1.88 bits per heavy atom. The zero-order valence-corrected chi connectivity index (χ0v) is 15.6. The molecule has 0 spiro atoms. The number of hydrogen-bond acceptors (Lipinski definition) is 5. The minimum atomic E-state index is -4.56. The predicted molar refractivity (Wildman–Crippen MR) is 88.5 cm³/mol. The third-order valence-electron chi connectivity index (χ3n) is 3.54. The molecule has 0 aliphatic carbocycles. The third kappa shape index (κ3) is 3.97. The van der Waals surface area contributed by atoms with E-state index in [1.807, 2.05) is 0 Å². The quantitative estimate of drug-likeness (QED) is 0.650. The zero-order valence-electron chi connectivity index (χ0n) is 13.2. The maximum absolute atomic E-state index is 12.8. The average Bonchev–Trinajstić information content (AvgIpc) is 2.52. The van der Waals surface area contributed by atoms with Gasteiger partial charge in [-0.1, -0.05) is 15.9 Å². The second kappa shape index (κ2) is 6.75. The number of aryl methyl sites for hydroxylation is 1. The van der Waals surface area contributed by atoms with Gasteiger partial charge in [-0.15, -0.1) is 0 Å². The highest BCUT2D eigenvalue weighted by Crippen LogP contribution is 2.39. The summed E-state index contributed by atoms with van der Waals surface area (Å²) in [7, 11) is -4.20. The molecule has 1 heterocycles. The van der Waals surface area contributed by atoms with Crippen molar-refractivity contribution in [1.29, 1.82) is 0 Å². The van der Waals surface area contributed by atoms with E-state index in [1.54, 1.807) is 13.0 Å². The van der Waals surface area contributed by atoms with Crippen LogP contribution in [0.3, 0.4) is 0 Å². The maximum atomic E-state index is 12.8. The van der Waals surface area contributed by atoms with Crippen LogP contribution in [0.4, 0.5) is 13.2 Å². The van der Waals surface area contributed by atoms with Gasteiger partial charge in [0, 0.05) is 4.47 Å². The second-order valence-electron chi connectivity index (χ2n) is 5.48. The van der Waals surface area contributed by atoms with Crippen molar-refractivity contribution in [3.05, 3.63) is 52.0 Å². The summed E-state index contributed by atoms with van der Waals surface area (Å²) in [6.07, 6.45) is -5.97. The molecular formula is C16H12BrF3O5S. The Kier molecular flexibility index (Phi) is 4.93. The highest BCUT2D eigenvalue weighted by Gasteiger charge is 2.34. The molecule has 1 aliphatic rings. The lowest BCUT2D eigenvalue weighted by atomic mass is 10.2. The fourth-order valence-corrected chi connectivity index (χ4v) is 4.01. The van der Waals surface area contributed by atoms with Crippen molar-refractivity contribution in [2.24, 2.45) is 0 Å². The average molecular weight is 453 g/mol. The normalized spacial score (nSPS) is 17.2. The number of ether oxygens (including phenoxy) is 2. The summed E-state index contributed by atoms with van der Waals surface area (Å²) < 4.78 is 79.4. The molecule has 26 heavy (non-hydrogen) atoms. The van der Waals surface area contributed by atoms with E-state index >= 15 is 0 Å². The van der Waals surface area contributed by atoms with Crippen molar-refractivity contribution in [1.82, 2.24) is 0 Å². The molecule has 0 saturated heterocycles. The van der Waals surface area contributed by atoms with Gasteiger partial charge in [0.2, 0.25) is 0 Å². The zero-order chi connectivity index (χ0) is 19.1. The Morgan fingerprint density at radius 3 is 2.54 bits per heavy atom. The maximum Gasteiger partial charge on any atom is 0.416 e. The lowest BCUT2D eigenvalue weighted by Crippen LogP contribution is -2.34. The van der Waals surface area contributed by atoms with Gasteiger partial charge in [-0.3, -0.25) is 0 Å². The molecule has 1 aliphatic heterocycles. The minimum Gasteiger partial charge on any atom is -0.483 e. The highest BCUT2D eigenvalue weighted by atomic mass is 79.9. The smallest absolute Gasteiger partial charge is 0.416 e. The molecule has 1 atom stereocenters. The summed E-state index contributed by atoms with van der Waals surface area (Å²) in [6.45, 7) is 1.30. The first-order valence-corrected chi connectivity index (χ1v) is 9.46. The number of alkyl halides is 3. The van der Waals surface area contributed by atoms with E-state index < -0.39 is 28.1 Å². The van der Waals surface area contributed by atoms with Crippen LogP contribution < -0.4 is 9.47 Å². The molecule has 0 aromatic heterocycles. The standard InChI is InChI=1S/C16H12BrF3O5S/c1-9-6-11(17)3-5-14(9)26(21,22)25-15-8-23-12-4-2-10(16(18,19)20)7-13(12)24-15/h2-7,15H,8H2,1H3/t15-/m1/s1. The van der Waals surface area contributed by atoms with Crippen molar-refractivity contribution < 1.29 is 35.2 Å². The van der Waals surface area contributed by atoms with Gasteiger partial charge < -0.3 is 9.47 Å². The van der Waals surface area contributed by atoms with Gasteiger partial charge in [-0.2, -0.15) is 21.6 Å². The number of hydrogen-bond donors (Lipinski definition) is 0. The van der Waals surface area contributed by atoms with Gasteiger partial charge in [0.05, 0.1) is 10.5 Å². The number of halogens is 4. The SMILES string of the molecule is Cc1cc(Br)ccc1S(=O)(=O)O[C@@H]1COc2ccc(C(F)(F)F)cc2O1. The molecule has 0 amide bonds. The molecule has 0 saturated carbocycles. The lowest BCUT2D eigenvalue weighted by Gasteiger charge is -2.26. The van der Waals surface area contributed by atoms with Crippen molar-refractivity contribution in [2.45, 2.75) is 24.3 Å². The molecule has 0 fully saturated rings. The first kappa shape index (κ1) is 19.0. The summed E-state index contributed by atoms with van der Waals surface area (Å²) in [6, 6.07) is 7.19. The van der Waals surface area contributed by atoms with E-state index in [2.05, 4.69) is 15.9 Å². The van der Waals surface area contributed by atoms with E-state index in [9.17, 15) is 21.6 Å². The van der Waals surface area contributed by atoms with Crippen molar-refractivity contribution in [3.8, 4) is 11.5 Å². The van der Waals surface area contributed by atoms with E-state index in [1.165, 1.54) is 12.1 Å². The first-order valence-electron chi connectivity index (χ1n) is 7.26. The Labute approximate surface area is 155 Å². The fraction of sp³-hybridized carbons (Fsp3) is 0.250. The molecule has 3 rings (SSSR count). The fourth-order valence-electron chi connectivity index (χ4n) is 2.36. The van der Waals surface area contributed by atoms with Crippen LogP contribution in [0.15, 0.2) is 45.8 Å². The molecule has 2 aromatic carbocycles. The molecule has 5 nitrogen and oxygen atoms in total. The van der Waals surface area contributed by atoms with Crippen molar-refractivity contribution in [3.63, 3.8) is 0 Å². The molecule has 0 bridgehead atoms. The Morgan fingerprint density at radius 1 is 1.15 bits per heavy atom. The van der Waals surface area contributed by atoms with Crippen LogP contribution in [0.25, 0.3) is 0 Å². The predicted octanol–water partition coefficient (Wildman–Crippen LogP) is 4.28. The van der Waals surface area contributed by atoms with Gasteiger partial charge in [-0.25, -0.2) is 4.18 Å². The number of fused-ring (bicyclic) bond motifs is 1. The van der Waals surface area contributed by atoms with Crippen LogP contribution in [-0.4, -0.2) is 21.3 Å². The van der Waals surface area contributed by atoms with Gasteiger partial charge >= 0.3 is 16.3 Å². The topological polar surface area (TPSA) is 61.8 Å². The molecule has 0 radical (unpaired) electrons. The monoisotopic (exact) mass is 452 g/mol. The molecule has 0 unspecified atom stereocenters. The van der Waals surface area contributed by atoms with Gasteiger partial charge in [-0.05, 0) is 48.9 Å². The molecule has 0 N–H and O–H groups in total. The van der Waals surface area contributed by atoms with Crippen molar-refractivity contribution >= 4 is 26.0 Å². The Balaban J connectivity index is 1.82. The van der Waals surface area contributed by atoms with Gasteiger partial charge in [0.15, 0.2) is 18.1 Å². The van der Waals surface area contributed by atoms with E-state index in [-0.39, 0.29) is 23.0 Å². The van der Waals surface area contributed by atoms with E-state index in [0.29, 0.717) is 10.0 Å². The molecule has 2 aromatic rings. The summed E-state index contributed by atoms with van der Waals surface area (Å²) in [5.74, 6) is -0.158. The number of rotatable bonds is 3. The highest BCUT2D eigenvalue weighted by molar-refractivity contribution is 9.10. The van der Waals surface area contributed by atoms with Gasteiger partial charge in [0.25, 0.3) is 6.29 Å². The molecular weight excluding hydrogens is 441 g/mol. The second-order valence-corrected chi connectivity index (χ2v) is 7.93. The van der Waals surface area contributed by atoms with Crippen LogP contribution >= 0.6 is 15.9 Å². The molecule has 10 heteroatoms. The lowest BCUT2D eigenvalue weighted by molar-refractivity contribution is -0.138. The van der Waals surface area contributed by atoms with E-state index in [0.717, 1.165) is 18.2 Å².